The van der Waals surface area contributed by atoms with Gasteiger partial charge in [0.2, 0.25) is 10.0 Å². The maximum Gasteiger partial charge on any atom is 0.243 e. The number of hydrogen-bond donors (Lipinski definition) is 1. The van der Waals surface area contributed by atoms with E-state index in [0.29, 0.717) is 24.1 Å². The summed E-state index contributed by atoms with van der Waals surface area (Å²) in [6.07, 6.45) is 0.648. The molecule has 0 aliphatic carbocycles. The van der Waals surface area contributed by atoms with Crippen LogP contribution in [0, 0.1) is 18.7 Å². The average molecular weight is 467 g/mol. The standard InChI is InChI=1S/C26H27FN2O3S/c1-17-7-10-19(11-8-17)33(31,32)29-14-13-21-25(16-30)28(2)24-12-9-18(15-22(24)26(21)29)20-5-3-4-6-23(20)27/h3-12,15,21,25-26,30H,13-14,16H2,1-2H3/t21-,25-,26-/m1/s1. The molecule has 33 heavy (non-hydrogen) atoms. The number of benzene rings is 3. The van der Waals surface area contributed by atoms with Gasteiger partial charge in [0.25, 0.3) is 0 Å². The zero-order chi connectivity index (χ0) is 23.3. The molecule has 3 aromatic rings. The monoisotopic (exact) mass is 466 g/mol. The predicted molar refractivity (Wildman–Crippen MR) is 127 cm³/mol. The number of rotatable bonds is 4. The Morgan fingerprint density at radius 1 is 1.06 bits per heavy atom. The van der Waals surface area contributed by atoms with Gasteiger partial charge < -0.3 is 10.0 Å². The molecule has 5 rings (SSSR count). The van der Waals surface area contributed by atoms with Crippen LogP contribution in [-0.4, -0.2) is 44.1 Å². The summed E-state index contributed by atoms with van der Waals surface area (Å²) in [6.45, 7) is 2.23. The molecule has 0 amide bonds. The van der Waals surface area contributed by atoms with Crippen LogP contribution in [0.15, 0.2) is 71.6 Å². The first-order valence-corrected chi connectivity index (χ1v) is 12.6. The lowest BCUT2D eigenvalue weighted by Crippen LogP contribution is -2.48. The molecular formula is C26H27FN2O3S. The smallest absolute Gasteiger partial charge is 0.243 e. The van der Waals surface area contributed by atoms with Crippen LogP contribution in [0.1, 0.15) is 23.6 Å². The van der Waals surface area contributed by atoms with Crippen LogP contribution in [-0.2, 0) is 10.0 Å². The highest BCUT2D eigenvalue weighted by Gasteiger charge is 2.50. The normalized spacial score (nSPS) is 22.8. The molecule has 2 aliphatic rings. The first-order chi connectivity index (χ1) is 15.8. The van der Waals surface area contributed by atoms with Crippen molar-refractivity contribution in [3.63, 3.8) is 0 Å². The molecule has 3 atom stereocenters. The van der Waals surface area contributed by atoms with E-state index in [0.717, 1.165) is 16.8 Å². The first-order valence-electron chi connectivity index (χ1n) is 11.1. The maximum absolute atomic E-state index is 14.5. The van der Waals surface area contributed by atoms with Gasteiger partial charge >= 0.3 is 0 Å². The number of aliphatic hydroxyl groups is 1. The van der Waals surface area contributed by atoms with Crippen molar-refractivity contribution in [1.29, 1.82) is 0 Å². The van der Waals surface area contributed by atoms with Crippen molar-refractivity contribution in [2.24, 2.45) is 5.92 Å². The fourth-order valence-electron chi connectivity index (χ4n) is 5.39. The van der Waals surface area contributed by atoms with Gasteiger partial charge in [-0.2, -0.15) is 4.31 Å². The third-order valence-electron chi connectivity index (χ3n) is 7.12. The minimum atomic E-state index is -3.74. The molecule has 0 spiro atoms. The number of likely N-dealkylation sites (N-methyl/N-ethyl adjacent to an activating group) is 1. The first kappa shape index (κ1) is 22.1. The number of fused-ring (bicyclic) bond motifs is 3. The van der Waals surface area contributed by atoms with Gasteiger partial charge in [-0.05, 0) is 54.8 Å². The van der Waals surface area contributed by atoms with E-state index in [1.165, 1.54) is 6.07 Å². The molecule has 0 radical (unpaired) electrons. The van der Waals surface area contributed by atoms with Crippen molar-refractivity contribution >= 4 is 15.7 Å². The molecule has 1 N–H and O–H groups in total. The minimum absolute atomic E-state index is 0.0649. The van der Waals surface area contributed by atoms with Gasteiger partial charge in [0.15, 0.2) is 0 Å². The number of sulfonamides is 1. The van der Waals surface area contributed by atoms with E-state index in [4.69, 9.17) is 0 Å². The summed E-state index contributed by atoms with van der Waals surface area (Å²) in [5.74, 6) is -0.384. The lowest BCUT2D eigenvalue weighted by atomic mass is 9.81. The highest BCUT2D eigenvalue weighted by atomic mass is 32.2. The lowest BCUT2D eigenvalue weighted by Gasteiger charge is -2.44. The van der Waals surface area contributed by atoms with Crippen LogP contribution in [0.3, 0.4) is 0 Å². The Kier molecular flexibility index (Phi) is 5.51. The Balaban J connectivity index is 1.66. The predicted octanol–water partition coefficient (Wildman–Crippen LogP) is 4.36. The molecule has 2 heterocycles. The van der Waals surface area contributed by atoms with Crippen molar-refractivity contribution < 1.29 is 17.9 Å². The zero-order valence-corrected chi connectivity index (χ0v) is 19.5. The number of nitrogens with zero attached hydrogens (tertiary/aromatic N) is 2. The molecule has 1 saturated heterocycles. The van der Waals surface area contributed by atoms with Gasteiger partial charge in [-0.25, -0.2) is 12.8 Å². The molecule has 1 fully saturated rings. The molecule has 0 saturated carbocycles. The number of hydrogen-bond acceptors (Lipinski definition) is 4. The van der Waals surface area contributed by atoms with Gasteiger partial charge in [-0.3, -0.25) is 0 Å². The van der Waals surface area contributed by atoms with E-state index < -0.39 is 16.1 Å². The lowest BCUT2D eigenvalue weighted by molar-refractivity contribution is 0.193. The third kappa shape index (κ3) is 3.55. The van der Waals surface area contributed by atoms with Crippen molar-refractivity contribution in [2.75, 3.05) is 25.1 Å². The zero-order valence-electron chi connectivity index (χ0n) is 18.6. The van der Waals surface area contributed by atoms with E-state index >= 15 is 0 Å². The molecule has 7 heteroatoms. The SMILES string of the molecule is Cc1ccc(S(=O)(=O)N2CC[C@@H]3[C@@H](CO)N(C)c4ccc(-c5ccccc5F)cc4[C@@H]32)cc1. The molecule has 172 valence electrons. The quantitative estimate of drug-likeness (QED) is 0.621. The molecular weight excluding hydrogens is 439 g/mol. The van der Waals surface area contributed by atoms with Crippen molar-refractivity contribution in [1.82, 2.24) is 4.31 Å². The van der Waals surface area contributed by atoms with Crippen molar-refractivity contribution in [2.45, 2.75) is 30.3 Å². The van der Waals surface area contributed by atoms with Crippen LogP contribution in [0.25, 0.3) is 11.1 Å². The summed E-state index contributed by atoms with van der Waals surface area (Å²) < 4.78 is 43.5. The maximum atomic E-state index is 14.5. The van der Waals surface area contributed by atoms with Gasteiger partial charge in [0.05, 0.1) is 23.6 Å². The Hall–Kier alpha value is -2.74. The minimum Gasteiger partial charge on any atom is -0.394 e. The van der Waals surface area contributed by atoms with Gasteiger partial charge in [0, 0.05) is 30.8 Å². The molecule has 0 aromatic heterocycles. The highest BCUT2D eigenvalue weighted by Crippen LogP contribution is 2.51. The summed E-state index contributed by atoms with van der Waals surface area (Å²) >= 11 is 0. The largest absolute Gasteiger partial charge is 0.394 e. The van der Waals surface area contributed by atoms with Crippen LogP contribution in [0.4, 0.5) is 10.1 Å². The van der Waals surface area contributed by atoms with E-state index in [-0.39, 0.29) is 29.3 Å². The number of anilines is 1. The Labute approximate surface area is 194 Å². The summed E-state index contributed by atoms with van der Waals surface area (Å²) in [4.78, 5) is 2.30. The second-order valence-corrected chi connectivity index (χ2v) is 10.8. The van der Waals surface area contributed by atoms with Crippen LogP contribution >= 0.6 is 0 Å². The van der Waals surface area contributed by atoms with Gasteiger partial charge in [0.1, 0.15) is 5.82 Å². The van der Waals surface area contributed by atoms with Crippen LogP contribution < -0.4 is 4.90 Å². The average Bonchev–Trinajstić information content (AvgIpc) is 3.26. The van der Waals surface area contributed by atoms with Gasteiger partial charge in [-0.1, -0.05) is 42.0 Å². The van der Waals surface area contributed by atoms with E-state index in [9.17, 15) is 17.9 Å². The second-order valence-electron chi connectivity index (χ2n) is 8.94. The number of aryl methyl sites for hydroxylation is 1. The Bertz CT molecular complexity index is 1290. The summed E-state index contributed by atoms with van der Waals surface area (Å²) in [6, 6.07) is 18.6. The molecule has 5 nitrogen and oxygen atoms in total. The Morgan fingerprint density at radius 3 is 2.48 bits per heavy atom. The number of halogens is 1. The summed E-state index contributed by atoms with van der Waals surface area (Å²) in [7, 11) is -1.82. The number of aliphatic hydroxyl groups excluding tert-OH is 1. The van der Waals surface area contributed by atoms with Gasteiger partial charge in [-0.15, -0.1) is 0 Å². The second kappa shape index (κ2) is 8.24. The molecule has 0 bridgehead atoms. The topological polar surface area (TPSA) is 60.9 Å². The molecule has 0 unspecified atom stereocenters. The molecule has 2 aliphatic heterocycles. The van der Waals surface area contributed by atoms with Crippen LogP contribution in [0.2, 0.25) is 0 Å². The summed E-state index contributed by atoms with van der Waals surface area (Å²) in [5.41, 5.74) is 3.89. The highest BCUT2D eigenvalue weighted by molar-refractivity contribution is 7.89. The Morgan fingerprint density at radius 2 is 1.79 bits per heavy atom. The fourth-order valence-corrected chi connectivity index (χ4v) is 7.06. The molecule has 3 aromatic carbocycles. The fraction of sp³-hybridized carbons (Fsp3) is 0.308. The van der Waals surface area contributed by atoms with E-state index in [1.54, 1.807) is 46.8 Å². The van der Waals surface area contributed by atoms with E-state index in [2.05, 4.69) is 0 Å². The van der Waals surface area contributed by atoms with Crippen LogP contribution in [0.5, 0.6) is 0 Å². The summed E-state index contributed by atoms with van der Waals surface area (Å²) in [5, 5.41) is 10.2. The van der Waals surface area contributed by atoms with E-state index in [1.807, 2.05) is 37.1 Å². The van der Waals surface area contributed by atoms with Crippen molar-refractivity contribution in [3.05, 3.63) is 83.7 Å². The van der Waals surface area contributed by atoms with Crippen molar-refractivity contribution in [3.8, 4) is 11.1 Å². The third-order valence-corrected chi connectivity index (χ3v) is 9.01.